The van der Waals surface area contributed by atoms with E-state index < -0.39 is 0 Å². The normalized spacial score (nSPS) is 11.5. The summed E-state index contributed by atoms with van der Waals surface area (Å²) >= 11 is 0. The van der Waals surface area contributed by atoms with Crippen LogP contribution in [-0.4, -0.2) is 13.1 Å². The van der Waals surface area contributed by atoms with Crippen LogP contribution in [0.15, 0.2) is 0 Å². The molecule has 0 heterocycles. The van der Waals surface area contributed by atoms with Gasteiger partial charge in [0.2, 0.25) is 0 Å². The Morgan fingerprint density at radius 3 is 0.714 bits per heavy atom. The monoisotopic (exact) mass is 497 g/mol. The zero-order chi connectivity index (χ0) is 25.3. The van der Waals surface area contributed by atoms with Crippen molar-refractivity contribution in [3.05, 3.63) is 0 Å². The maximum absolute atomic E-state index is 5.36. The first kappa shape index (κ1) is 34.9. The SMILES string of the molecule is CCCCCCCCCCCCCCCCNONCCCCCCCCCCCCCCCC. The fourth-order valence-electron chi connectivity index (χ4n) is 4.94. The van der Waals surface area contributed by atoms with E-state index >= 15 is 0 Å². The second-order valence-electron chi connectivity index (χ2n) is 11.1. The van der Waals surface area contributed by atoms with Gasteiger partial charge in [0.05, 0.1) is 0 Å². The van der Waals surface area contributed by atoms with Gasteiger partial charge in [0.25, 0.3) is 0 Å². The van der Waals surface area contributed by atoms with E-state index in [9.17, 15) is 0 Å². The smallest absolute Gasteiger partial charge is 0.0229 e. The van der Waals surface area contributed by atoms with Crippen molar-refractivity contribution in [2.24, 2.45) is 0 Å². The van der Waals surface area contributed by atoms with Crippen molar-refractivity contribution in [1.29, 1.82) is 0 Å². The Balaban J connectivity index is 3.00. The van der Waals surface area contributed by atoms with Gasteiger partial charge in [-0.1, -0.05) is 181 Å². The second-order valence-corrected chi connectivity index (χ2v) is 11.1. The van der Waals surface area contributed by atoms with Crippen LogP contribution in [0.3, 0.4) is 0 Å². The number of hydroxylamine groups is 2. The van der Waals surface area contributed by atoms with Crippen LogP contribution >= 0.6 is 0 Å². The average molecular weight is 497 g/mol. The molecule has 0 aliphatic rings. The molecule has 0 aromatic heterocycles. The third-order valence-corrected chi connectivity index (χ3v) is 7.41. The Morgan fingerprint density at radius 1 is 0.286 bits per heavy atom. The molecule has 35 heavy (non-hydrogen) atoms. The molecule has 3 nitrogen and oxygen atoms in total. The molecule has 0 unspecified atom stereocenters. The Morgan fingerprint density at radius 2 is 0.486 bits per heavy atom. The van der Waals surface area contributed by atoms with Crippen LogP contribution in [0.25, 0.3) is 0 Å². The predicted molar refractivity (Wildman–Crippen MR) is 158 cm³/mol. The van der Waals surface area contributed by atoms with E-state index in [1.807, 2.05) is 0 Å². The van der Waals surface area contributed by atoms with Crippen LogP contribution in [0.5, 0.6) is 0 Å². The molecule has 0 spiro atoms. The van der Waals surface area contributed by atoms with Crippen LogP contribution < -0.4 is 11.0 Å². The van der Waals surface area contributed by atoms with E-state index in [1.54, 1.807) is 0 Å². The lowest BCUT2D eigenvalue weighted by atomic mass is 10.0. The molecule has 0 amide bonds. The van der Waals surface area contributed by atoms with Gasteiger partial charge in [0.1, 0.15) is 0 Å². The summed E-state index contributed by atoms with van der Waals surface area (Å²) in [5.41, 5.74) is 6.13. The molecule has 0 saturated heterocycles. The molecule has 0 bridgehead atoms. The fraction of sp³-hybridized carbons (Fsp3) is 1.00. The average Bonchev–Trinajstić information content (AvgIpc) is 2.87. The van der Waals surface area contributed by atoms with E-state index in [0.29, 0.717) is 0 Å². The van der Waals surface area contributed by atoms with Gasteiger partial charge in [-0.25, -0.2) is 4.94 Å². The zero-order valence-electron chi connectivity index (χ0n) is 24.6. The summed E-state index contributed by atoms with van der Waals surface area (Å²) in [5, 5.41) is 0. The summed E-state index contributed by atoms with van der Waals surface area (Å²) in [5.74, 6) is 0. The van der Waals surface area contributed by atoms with Gasteiger partial charge in [-0.2, -0.15) is 11.0 Å². The quantitative estimate of drug-likeness (QED) is 0.0717. The van der Waals surface area contributed by atoms with Gasteiger partial charge in [-0.15, -0.1) is 0 Å². The molecule has 0 rings (SSSR count). The van der Waals surface area contributed by atoms with Gasteiger partial charge < -0.3 is 0 Å². The van der Waals surface area contributed by atoms with Crippen LogP contribution in [0.2, 0.25) is 0 Å². The lowest BCUT2D eigenvalue weighted by molar-refractivity contribution is -0.0387. The number of hydrogen-bond donors (Lipinski definition) is 2. The molecule has 0 fully saturated rings. The molecule has 3 heteroatoms. The summed E-state index contributed by atoms with van der Waals surface area (Å²) in [6.07, 6.45) is 39.5. The second kappa shape index (κ2) is 33.9. The minimum atomic E-state index is 0.962. The van der Waals surface area contributed by atoms with Crippen molar-refractivity contribution in [3.8, 4) is 0 Å². The predicted octanol–water partition coefficient (Wildman–Crippen LogP) is 11.0. The van der Waals surface area contributed by atoms with Gasteiger partial charge in [-0.3, -0.25) is 0 Å². The number of unbranched alkanes of at least 4 members (excludes halogenated alkanes) is 26. The molecule has 0 saturated carbocycles. The highest BCUT2D eigenvalue weighted by Crippen LogP contribution is 2.14. The van der Waals surface area contributed by atoms with Gasteiger partial charge in [-0.05, 0) is 12.8 Å². The molecule has 0 atom stereocenters. The van der Waals surface area contributed by atoms with E-state index in [4.69, 9.17) is 4.94 Å². The van der Waals surface area contributed by atoms with Gasteiger partial charge >= 0.3 is 0 Å². The molecule has 2 N–H and O–H groups in total. The largest absolute Gasteiger partial charge is 0.214 e. The minimum Gasteiger partial charge on any atom is -0.214 e. The summed E-state index contributed by atoms with van der Waals surface area (Å²) in [6, 6.07) is 0. The highest BCUT2D eigenvalue weighted by Gasteiger charge is 1.96. The molecule has 0 radical (unpaired) electrons. The summed E-state index contributed by atoms with van der Waals surface area (Å²) < 4.78 is 0. The van der Waals surface area contributed by atoms with E-state index in [1.165, 1.54) is 180 Å². The molecule has 0 aliphatic heterocycles. The highest BCUT2D eigenvalue weighted by atomic mass is 16.8. The van der Waals surface area contributed by atoms with Crippen LogP contribution in [-0.2, 0) is 4.94 Å². The standard InChI is InChI=1S/C32H68N2O/c1-3-5-7-9-11-13-15-17-19-21-23-25-27-29-31-33-35-34-32-30-28-26-24-22-20-18-16-14-12-10-8-6-4-2/h33-34H,3-32H2,1-2H3. The number of rotatable bonds is 32. The van der Waals surface area contributed by atoms with Crippen molar-refractivity contribution in [3.63, 3.8) is 0 Å². The van der Waals surface area contributed by atoms with Crippen LogP contribution in [0.4, 0.5) is 0 Å². The number of hydrogen-bond acceptors (Lipinski definition) is 3. The maximum Gasteiger partial charge on any atom is 0.0229 e. The lowest BCUT2D eigenvalue weighted by Crippen LogP contribution is -2.27. The lowest BCUT2D eigenvalue weighted by Gasteiger charge is -2.07. The highest BCUT2D eigenvalue weighted by molar-refractivity contribution is 4.51. The molecule has 0 aromatic carbocycles. The minimum absolute atomic E-state index is 0.962. The van der Waals surface area contributed by atoms with Gasteiger partial charge in [0.15, 0.2) is 0 Å². The van der Waals surface area contributed by atoms with Crippen molar-refractivity contribution in [2.45, 2.75) is 194 Å². The molecule has 212 valence electrons. The topological polar surface area (TPSA) is 33.3 Å². The molecule has 0 aliphatic carbocycles. The fourth-order valence-corrected chi connectivity index (χ4v) is 4.94. The zero-order valence-corrected chi connectivity index (χ0v) is 24.6. The third-order valence-electron chi connectivity index (χ3n) is 7.41. The Hall–Kier alpha value is -0.120. The Kier molecular flexibility index (Phi) is 33.8. The van der Waals surface area contributed by atoms with E-state index in [0.717, 1.165) is 13.1 Å². The van der Waals surface area contributed by atoms with Crippen molar-refractivity contribution in [2.75, 3.05) is 13.1 Å². The van der Waals surface area contributed by atoms with Crippen LogP contribution in [0.1, 0.15) is 194 Å². The van der Waals surface area contributed by atoms with E-state index in [2.05, 4.69) is 24.8 Å². The molecular formula is C32H68N2O. The first-order valence-electron chi connectivity index (χ1n) is 16.5. The van der Waals surface area contributed by atoms with Crippen LogP contribution in [0, 0.1) is 0 Å². The van der Waals surface area contributed by atoms with Crippen molar-refractivity contribution >= 4 is 0 Å². The van der Waals surface area contributed by atoms with Crippen molar-refractivity contribution < 1.29 is 4.94 Å². The Labute approximate surface area is 222 Å². The maximum atomic E-state index is 5.36. The Bertz CT molecular complexity index is 318. The first-order chi connectivity index (χ1) is 17.4. The molecule has 0 aromatic rings. The third kappa shape index (κ3) is 33.9. The summed E-state index contributed by atoms with van der Waals surface area (Å²) in [6.45, 7) is 6.52. The first-order valence-corrected chi connectivity index (χ1v) is 16.5. The summed E-state index contributed by atoms with van der Waals surface area (Å²) in [4.78, 5) is 5.36. The number of nitrogens with one attached hydrogen (secondary N) is 2. The van der Waals surface area contributed by atoms with E-state index in [-0.39, 0.29) is 0 Å². The molecular weight excluding hydrogens is 428 g/mol. The van der Waals surface area contributed by atoms with Gasteiger partial charge in [0, 0.05) is 13.1 Å². The van der Waals surface area contributed by atoms with Crippen molar-refractivity contribution in [1.82, 2.24) is 11.0 Å². The summed E-state index contributed by atoms with van der Waals surface area (Å²) in [7, 11) is 0.